The van der Waals surface area contributed by atoms with Crippen molar-refractivity contribution in [3.8, 4) is 0 Å². The topological polar surface area (TPSA) is 51.4 Å². The number of rotatable bonds is 1. The number of hydrogen-bond acceptors (Lipinski definition) is 5. The van der Waals surface area contributed by atoms with Crippen molar-refractivity contribution >= 4 is 33.1 Å². The van der Waals surface area contributed by atoms with Gasteiger partial charge in [-0.15, -0.1) is 0 Å². The van der Waals surface area contributed by atoms with Gasteiger partial charge in [-0.25, -0.2) is 4.98 Å². The minimum absolute atomic E-state index is 0.409. The van der Waals surface area contributed by atoms with Crippen molar-refractivity contribution in [1.29, 1.82) is 0 Å². The highest BCUT2D eigenvalue weighted by molar-refractivity contribution is 7.19. The number of hydrogen-bond donors (Lipinski definition) is 1. The molecule has 0 aliphatic carbocycles. The van der Waals surface area contributed by atoms with Crippen molar-refractivity contribution < 1.29 is 4.74 Å². The van der Waals surface area contributed by atoms with E-state index in [9.17, 15) is 0 Å². The molecule has 72 valence electrons. The summed E-state index contributed by atoms with van der Waals surface area (Å²) in [6.45, 7) is 3.22. The van der Waals surface area contributed by atoms with Gasteiger partial charge in [0.25, 0.3) is 0 Å². The lowest BCUT2D eigenvalue weighted by Crippen LogP contribution is -2.36. The number of nitrogens with two attached hydrogens (primary N) is 1. The minimum atomic E-state index is 0.409. The lowest BCUT2D eigenvalue weighted by atomic mass is 10.5. The van der Waals surface area contributed by atoms with Crippen molar-refractivity contribution in [3.05, 3.63) is 5.15 Å². The van der Waals surface area contributed by atoms with Gasteiger partial charge in [0, 0.05) is 13.1 Å². The van der Waals surface area contributed by atoms with Crippen molar-refractivity contribution in [2.24, 2.45) is 0 Å². The first-order chi connectivity index (χ1) is 6.27. The van der Waals surface area contributed by atoms with E-state index in [1.807, 2.05) is 0 Å². The van der Waals surface area contributed by atoms with Gasteiger partial charge in [-0.05, 0) is 0 Å². The highest BCUT2D eigenvalue weighted by Crippen LogP contribution is 2.31. The normalized spacial score (nSPS) is 17.8. The summed E-state index contributed by atoms with van der Waals surface area (Å²) in [4.78, 5) is 6.30. The first-order valence-corrected chi connectivity index (χ1v) is 5.21. The molecule has 0 amide bonds. The van der Waals surface area contributed by atoms with E-state index in [-0.39, 0.29) is 0 Å². The maximum Gasteiger partial charge on any atom is 0.188 e. The highest BCUT2D eigenvalue weighted by Gasteiger charge is 2.16. The molecule has 0 aromatic carbocycles. The van der Waals surface area contributed by atoms with Crippen LogP contribution in [0.4, 0.5) is 10.1 Å². The van der Waals surface area contributed by atoms with Crippen LogP contribution < -0.4 is 10.6 Å². The van der Waals surface area contributed by atoms with Gasteiger partial charge in [0.05, 0.1) is 13.2 Å². The fraction of sp³-hybridized carbons (Fsp3) is 0.571. The average molecular weight is 220 g/mol. The van der Waals surface area contributed by atoms with Crippen LogP contribution in [0.2, 0.25) is 5.15 Å². The molecule has 1 fully saturated rings. The molecule has 0 bridgehead atoms. The Balaban J connectivity index is 2.14. The Morgan fingerprint density at radius 3 is 2.69 bits per heavy atom. The molecule has 0 radical (unpaired) electrons. The van der Waals surface area contributed by atoms with Crippen LogP contribution in [0, 0.1) is 0 Å². The van der Waals surface area contributed by atoms with Crippen LogP contribution in [-0.2, 0) is 4.74 Å². The highest BCUT2D eigenvalue weighted by atomic mass is 35.5. The van der Waals surface area contributed by atoms with Gasteiger partial charge < -0.3 is 15.4 Å². The van der Waals surface area contributed by atoms with Gasteiger partial charge in [0.2, 0.25) is 0 Å². The fourth-order valence-corrected chi connectivity index (χ4v) is 2.21. The Labute approximate surface area is 85.3 Å². The second kappa shape index (κ2) is 3.69. The molecule has 0 saturated carbocycles. The van der Waals surface area contributed by atoms with Crippen molar-refractivity contribution in [2.45, 2.75) is 0 Å². The monoisotopic (exact) mass is 219 g/mol. The minimum Gasteiger partial charge on any atom is -0.388 e. The molecule has 1 aromatic heterocycles. The number of nitrogen functional groups attached to an aromatic ring is 1. The first kappa shape index (κ1) is 9.05. The van der Waals surface area contributed by atoms with Gasteiger partial charge in [0.1, 0.15) is 5.00 Å². The maximum atomic E-state index is 5.76. The van der Waals surface area contributed by atoms with E-state index in [1.54, 1.807) is 0 Å². The summed E-state index contributed by atoms with van der Waals surface area (Å²) in [5.74, 6) is 0. The SMILES string of the molecule is Nc1sc(N2CCOCC2)nc1Cl. The Bertz CT molecular complexity index is 278. The molecule has 4 nitrogen and oxygen atoms in total. The molecule has 0 unspecified atom stereocenters. The number of aromatic nitrogens is 1. The molecule has 1 aliphatic rings. The lowest BCUT2D eigenvalue weighted by molar-refractivity contribution is 0.122. The average Bonchev–Trinajstić information content (AvgIpc) is 2.49. The Morgan fingerprint density at radius 1 is 1.46 bits per heavy atom. The van der Waals surface area contributed by atoms with Crippen molar-refractivity contribution in [3.63, 3.8) is 0 Å². The van der Waals surface area contributed by atoms with E-state index in [0.29, 0.717) is 10.2 Å². The summed E-state index contributed by atoms with van der Waals surface area (Å²) in [5.41, 5.74) is 5.61. The largest absolute Gasteiger partial charge is 0.388 e. The zero-order chi connectivity index (χ0) is 9.26. The molecular weight excluding hydrogens is 210 g/mol. The number of nitrogens with zero attached hydrogens (tertiary/aromatic N) is 2. The van der Waals surface area contributed by atoms with E-state index >= 15 is 0 Å². The number of morpholine rings is 1. The van der Waals surface area contributed by atoms with Crippen LogP contribution in [-0.4, -0.2) is 31.3 Å². The molecule has 2 heterocycles. The lowest BCUT2D eigenvalue weighted by Gasteiger charge is -2.25. The number of ether oxygens (including phenoxy) is 1. The van der Waals surface area contributed by atoms with Gasteiger partial charge in [-0.1, -0.05) is 22.9 Å². The maximum absolute atomic E-state index is 5.76. The second-order valence-corrected chi connectivity index (χ2v) is 4.12. The smallest absolute Gasteiger partial charge is 0.188 e. The van der Waals surface area contributed by atoms with Crippen LogP contribution in [0.15, 0.2) is 0 Å². The Morgan fingerprint density at radius 2 is 2.15 bits per heavy atom. The van der Waals surface area contributed by atoms with Crippen LogP contribution >= 0.6 is 22.9 Å². The predicted octanol–water partition coefficient (Wildman–Crippen LogP) is 1.22. The molecule has 6 heteroatoms. The zero-order valence-corrected chi connectivity index (χ0v) is 8.57. The molecular formula is C7H10ClN3OS. The van der Waals surface area contributed by atoms with Crippen LogP contribution in [0.25, 0.3) is 0 Å². The van der Waals surface area contributed by atoms with Gasteiger partial charge in [-0.3, -0.25) is 0 Å². The van der Waals surface area contributed by atoms with E-state index in [4.69, 9.17) is 22.1 Å². The standard InChI is InChI=1S/C7H10ClN3OS/c8-5-6(9)13-7(10-5)11-1-3-12-4-2-11/h1-4,9H2. The molecule has 2 rings (SSSR count). The second-order valence-electron chi connectivity index (χ2n) is 2.75. The quantitative estimate of drug-likeness (QED) is 0.772. The fourth-order valence-electron chi connectivity index (χ4n) is 1.19. The first-order valence-electron chi connectivity index (χ1n) is 4.02. The Hall–Kier alpha value is -0.520. The Kier molecular flexibility index (Phi) is 2.57. The van der Waals surface area contributed by atoms with E-state index in [2.05, 4.69) is 9.88 Å². The van der Waals surface area contributed by atoms with Gasteiger partial charge in [0.15, 0.2) is 10.3 Å². The summed E-state index contributed by atoms with van der Waals surface area (Å²) in [6.07, 6.45) is 0. The molecule has 0 atom stereocenters. The molecule has 13 heavy (non-hydrogen) atoms. The molecule has 1 saturated heterocycles. The van der Waals surface area contributed by atoms with E-state index < -0.39 is 0 Å². The van der Waals surface area contributed by atoms with Gasteiger partial charge in [-0.2, -0.15) is 0 Å². The molecule has 1 aromatic rings. The van der Waals surface area contributed by atoms with Crippen LogP contribution in [0.3, 0.4) is 0 Å². The summed E-state index contributed by atoms with van der Waals surface area (Å²) in [7, 11) is 0. The third kappa shape index (κ3) is 1.87. The predicted molar refractivity (Wildman–Crippen MR) is 54.6 cm³/mol. The molecule has 2 N–H and O–H groups in total. The van der Waals surface area contributed by atoms with Crippen LogP contribution in [0.1, 0.15) is 0 Å². The van der Waals surface area contributed by atoms with Crippen LogP contribution in [0.5, 0.6) is 0 Å². The zero-order valence-electron chi connectivity index (χ0n) is 6.99. The van der Waals surface area contributed by atoms with E-state index in [0.717, 1.165) is 31.4 Å². The third-order valence-electron chi connectivity index (χ3n) is 1.88. The summed E-state index contributed by atoms with van der Waals surface area (Å²) >= 11 is 7.19. The number of halogens is 1. The van der Waals surface area contributed by atoms with Crippen molar-refractivity contribution in [1.82, 2.24) is 4.98 Å². The van der Waals surface area contributed by atoms with Crippen molar-refractivity contribution in [2.75, 3.05) is 36.9 Å². The molecule has 1 aliphatic heterocycles. The number of anilines is 2. The number of thiazole rings is 1. The third-order valence-corrected chi connectivity index (χ3v) is 3.23. The van der Waals surface area contributed by atoms with E-state index in [1.165, 1.54) is 11.3 Å². The summed E-state index contributed by atoms with van der Waals surface area (Å²) in [5, 5.41) is 1.89. The molecule has 0 spiro atoms. The van der Waals surface area contributed by atoms with Gasteiger partial charge >= 0.3 is 0 Å². The summed E-state index contributed by atoms with van der Waals surface area (Å²) in [6, 6.07) is 0. The summed E-state index contributed by atoms with van der Waals surface area (Å²) < 4.78 is 5.23.